The summed E-state index contributed by atoms with van der Waals surface area (Å²) in [6, 6.07) is 9.95. The van der Waals surface area contributed by atoms with Gasteiger partial charge in [0.2, 0.25) is 0 Å². The van der Waals surface area contributed by atoms with Gasteiger partial charge in [0.1, 0.15) is 6.79 Å². The van der Waals surface area contributed by atoms with Gasteiger partial charge < -0.3 is 4.79 Å². The summed E-state index contributed by atoms with van der Waals surface area (Å²) in [4.78, 5) is 8.00. The molecule has 0 saturated carbocycles. The monoisotopic (exact) mass is 236 g/mol. The van der Waals surface area contributed by atoms with E-state index < -0.39 is 0 Å². The van der Waals surface area contributed by atoms with Crippen molar-refractivity contribution in [1.29, 1.82) is 0 Å². The summed E-state index contributed by atoms with van der Waals surface area (Å²) >= 11 is 0. The van der Waals surface area contributed by atoms with Crippen LogP contribution in [0.3, 0.4) is 0 Å². The highest BCUT2D eigenvalue weighted by Gasteiger charge is 1.77. The van der Waals surface area contributed by atoms with Crippen LogP contribution in [0.4, 0.5) is 0 Å². The van der Waals surface area contributed by atoms with Gasteiger partial charge in [0, 0.05) is 5.56 Å². The van der Waals surface area contributed by atoms with Crippen LogP contribution in [0.2, 0.25) is 0 Å². The van der Waals surface area contributed by atoms with Crippen molar-refractivity contribution in [2.24, 2.45) is 0 Å². The number of carbonyl (C=O) groups excluding carboxylic acids is 1. The third-order valence-electron chi connectivity index (χ3n) is 1.04. The van der Waals surface area contributed by atoms with Crippen molar-refractivity contribution in [2.45, 2.75) is 48.5 Å². The van der Waals surface area contributed by atoms with Crippen molar-refractivity contribution >= 4 is 6.79 Å². The Labute approximate surface area is 108 Å². The predicted octanol–water partition coefficient (Wildman–Crippen LogP) is 4.95. The summed E-state index contributed by atoms with van der Waals surface area (Å²) in [5.41, 5.74) is 1.08. The van der Waals surface area contributed by atoms with Crippen molar-refractivity contribution < 1.29 is 4.79 Å². The van der Waals surface area contributed by atoms with Crippen LogP contribution in [-0.4, -0.2) is 6.79 Å². The highest BCUT2D eigenvalue weighted by Crippen LogP contribution is 1.93. The molecule has 98 valence electrons. The van der Waals surface area contributed by atoms with Crippen LogP contribution < -0.4 is 0 Å². The Morgan fingerprint density at radius 3 is 1.47 bits per heavy atom. The maximum Gasteiger partial charge on any atom is 0.106 e. The fraction of sp³-hybridized carbons (Fsp3) is 0.438. The molecule has 0 unspecified atom stereocenters. The van der Waals surface area contributed by atoms with E-state index in [2.05, 4.69) is 11.8 Å². The van der Waals surface area contributed by atoms with E-state index in [1.807, 2.05) is 85.6 Å². The minimum absolute atomic E-state index is 1.08. The second-order valence-electron chi connectivity index (χ2n) is 1.74. The van der Waals surface area contributed by atoms with E-state index >= 15 is 0 Å². The summed E-state index contributed by atoms with van der Waals surface area (Å²) in [6.07, 6.45) is 0. The van der Waals surface area contributed by atoms with Gasteiger partial charge in [-0.2, -0.15) is 0 Å². The fourth-order valence-corrected chi connectivity index (χ4v) is 0.666. The number of hydrogen-bond acceptors (Lipinski definition) is 1. The lowest BCUT2D eigenvalue weighted by atomic mass is 10.2. The minimum Gasteiger partial charge on any atom is -0.307 e. The molecule has 1 aromatic carbocycles. The van der Waals surface area contributed by atoms with Gasteiger partial charge in [0.25, 0.3) is 0 Å². The smallest absolute Gasteiger partial charge is 0.106 e. The van der Waals surface area contributed by atoms with E-state index in [4.69, 9.17) is 4.79 Å². The van der Waals surface area contributed by atoms with E-state index in [1.54, 1.807) is 0 Å². The third-order valence-corrected chi connectivity index (χ3v) is 1.04. The van der Waals surface area contributed by atoms with Gasteiger partial charge in [0.05, 0.1) is 0 Å². The maximum atomic E-state index is 8.00. The second kappa shape index (κ2) is 36.6. The Hall–Kier alpha value is -1.55. The first-order chi connectivity index (χ1) is 8.43. The molecule has 0 heterocycles. The first-order valence-electron chi connectivity index (χ1n) is 6.20. The molecule has 0 N–H and O–H groups in total. The zero-order chi connectivity index (χ0) is 14.5. The Morgan fingerprint density at radius 1 is 0.824 bits per heavy atom. The Balaban J connectivity index is -0.0000000905. The molecular formula is C16H28O. The molecule has 0 bridgehead atoms. The van der Waals surface area contributed by atoms with Crippen LogP contribution in [0.1, 0.15) is 54.0 Å². The molecule has 1 nitrogen and oxygen atoms in total. The molecule has 1 rings (SSSR count). The average molecular weight is 236 g/mol. The standard InChI is InChI=1S/C9H8.3C2H6.CH2O/c1-2-6-9-7-4-3-5-8-9;4*1-2/h3-5,7-8H,1H3;3*1-2H3;1H2. The molecule has 0 radical (unpaired) electrons. The number of benzene rings is 1. The molecule has 0 atom stereocenters. The van der Waals surface area contributed by atoms with Gasteiger partial charge in [-0.1, -0.05) is 65.7 Å². The summed E-state index contributed by atoms with van der Waals surface area (Å²) in [5.74, 6) is 5.79. The van der Waals surface area contributed by atoms with Gasteiger partial charge in [0.15, 0.2) is 0 Å². The number of hydrogen-bond donors (Lipinski definition) is 0. The lowest BCUT2D eigenvalue weighted by molar-refractivity contribution is -0.0979. The number of carbonyl (C=O) groups is 1. The van der Waals surface area contributed by atoms with Gasteiger partial charge >= 0.3 is 0 Å². The second-order valence-corrected chi connectivity index (χ2v) is 1.74. The molecule has 0 aliphatic carbocycles. The molecule has 17 heavy (non-hydrogen) atoms. The molecule has 0 aliphatic rings. The highest BCUT2D eigenvalue weighted by atomic mass is 16.1. The summed E-state index contributed by atoms with van der Waals surface area (Å²) < 4.78 is 0. The van der Waals surface area contributed by atoms with E-state index in [-0.39, 0.29) is 0 Å². The van der Waals surface area contributed by atoms with Crippen molar-refractivity contribution in [3.63, 3.8) is 0 Å². The number of rotatable bonds is 0. The third kappa shape index (κ3) is 25.1. The lowest BCUT2D eigenvalue weighted by Crippen LogP contribution is -1.67. The Kier molecular flexibility index (Phi) is 53.0. The van der Waals surface area contributed by atoms with Crippen molar-refractivity contribution in [3.05, 3.63) is 35.9 Å². The molecule has 0 amide bonds. The Bertz CT molecular complexity index is 241. The van der Waals surface area contributed by atoms with Crippen LogP contribution in [0.15, 0.2) is 30.3 Å². The van der Waals surface area contributed by atoms with Gasteiger partial charge in [-0.25, -0.2) is 0 Å². The SMILES string of the molecule is C=O.CC.CC.CC.CC#Cc1ccccc1. The van der Waals surface area contributed by atoms with Crippen molar-refractivity contribution in [1.82, 2.24) is 0 Å². The van der Waals surface area contributed by atoms with E-state index in [9.17, 15) is 0 Å². The topological polar surface area (TPSA) is 17.1 Å². The summed E-state index contributed by atoms with van der Waals surface area (Å²) in [7, 11) is 0. The fourth-order valence-electron chi connectivity index (χ4n) is 0.666. The minimum atomic E-state index is 1.08. The quantitative estimate of drug-likeness (QED) is 0.582. The van der Waals surface area contributed by atoms with Crippen LogP contribution in [-0.2, 0) is 4.79 Å². The first-order valence-corrected chi connectivity index (χ1v) is 6.20. The molecule has 1 aromatic rings. The normalized spacial score (nSPS) is 5.35. The average Bonchev–Trinajstić information content (AvgIpc) is 2.49. The van der Waals surface area contributed by atoms with Gasteiger partial charge in [-0.05, 0) is 19.1 Å². The molecule has 0 aliphatic heterocycles. The van der Waals surface area contributed by atoms with Crippen molar-refractivity contribution in [3.8, 4) is 11.8 Å². The predicted molar refractivity (Wildman–Crippen MR) is 80.2 cm³/mol. The van der Waals surface area contributed by atoms with Gasteiger partial charge in [-0.3, -0.25) is 0 Å². The molecule has 0 spiro atoms. The maximum absolute atomic E-state index is 8.00. The lowest BCUT2D eigenvalue weighted by Gasteiger charge is -1.83. The zero-order valence-electron chi connectivity index (χ0n) is 12.5. The van der Waals surface area contributed by atoms with Crippen LogP contribution in [0, 0.1) is 11.8 Å². The Morgan fingerprint density at radius 2 is 1.18 bits per heavy atom. The van der Waals surface area contributed by atoms with Crippen LogP contribution >= 0.6 is 0 Å². The van der Waals surface area contributed by atoms with Crippen LogP contribution in [0.25, 0.3) is 0 Å². The molecule has 1 heteroatoms. The summed E-state index contributed by atoms with van der Waals surface area (Å²) in [6.45, 7) is 15.8. The summed E-state index contributed by atoms with van der Waals surface area (Å²) in [5, 5.41) is 0. The highest BCUT2D eigenvalue weighted by molar-refractivity contribution is 5.32. The van der Waals surface area contributed by atoms with Crippen LogP contribution in [0.5, 0.6) is 0 Å². The van der Waals surface area contributed by atoms with E-state index in [0.29, 0.717) is 0 Å². The molecule has 0 aromatic heterocycles. The zero-order valence-corrected chi connectivity index (χ0v) is 12.5. The molecule has 0 fully saturated rings. The van der Waals surface area contributed by atoms with E-state index in [0.717, 1.165) is 5.56 Å². The van der Waals surface area contributed by atoms with E-state index in [1.165, 1.54) is 0 Å². The van der Waals surface area contributed by atoms with Crippen molar-refractivity contribution in [2.75, 3.05) is 0 Å². The largest absolute Gasteiger partial charge is 0.307 e. The first kappa shape index (κ1) is 24.6. The van der Waals surface area contributed by atoms with Gasteiger partial charge in [-0.15, -0.1) is 5.92 Å². The molecular weight excluding hydrogens is 208 g/mol. The molecule has 0 saturated heterocycles.